The van der Waals surface area contributed by atoms with Gasteiger partial charge in [0.15, 0.2) is 9.84 Å². The van der Waals surface area contributed by atoms with Gasteiger partial charge in [0.05, 0.1) is 17.2 Å². The van der Waals surface area contributed by atoms with Gasteiger partial charge in [0.2, 0.25) is 0 Å². The zero-order valence-corrected chi connectivity index (χ0v) is 12.3. The number of aliphatic hydroxyl groups excluding tert-OH is 1. The van der Waals surface area contributed by atoms with Gasteiger partial charge in [0.25, 0.3) is 0 Å². The van der Waals surface area contributed by atoms with E-state index >= 15 is 0 Å². The molecule has 0 aromatic carbocycles. The van der Waals surface area contributed by atoms with Crippen LogP contribution in [0.1, 0.15) is 32.0 Å². The van der Waals surface area contributed by atoms with Gasteiger partial charge in [-0.05, 0) is 44.6 Å². The van der Waals surface area contributed by atoms with Crippen molar-refractivity contribution < 1.29 is 13.5 Å². The minimum atomic E-state index is -2.89. The zero-order chi connectivity index (χ0) is 14.0. The van der Waals surface area contributed by atoms with E-state index < -0.39 is 9.84 Å². The van der Waals surface area contributed by atoms with Crippen LogP contribution in [-0.4, -0.2) is 41.4 Å². The molecule has 1 aliphatic rings. The van der Waals surface area contributed by atoms with E-state index in [9.17, 15) is 13.5 Å². The molecule has 2 rings (SSSR count). The lowest BCUT2D eigenvalue weighted by Gasteiger charge is -2.19. The number of hydrogen-bond donors (Lipinski definition) is 1. The van der Waals surface area contributed by atoms with E-state index in [-0.39, 0.29) is 29.9 Å². The van der Waals surface area contributed by atoms with Gasteiger partial charge in [-0.2, -0.15) is 5.10 Å². The summed E-state index contributed by atoms with van der Waals surface area (Å²) in [5, 5.41) is 14.0. The molecular formula is C13H22N2O3S. The summed E-state index contributed by atoms with van der Waals surface area (Å²) < 4.78 is 24.9. The first kappa shape index (κ1) is 14.5. The lowest BCUT2D eigenvalue weighted by Crippen LogP contribution is -2.22. The fraction of sp³-hybridized carbons (Fsp3) is 0.769. The number of sulfone groups is 1. The van der Waals surface area contributed by atoms with Crippen LogP contribution in [0.15, 0.2) is 12.3 Å². The molecule has 1 aromatic rings. The highest BCUT2D eigenvalue weighted by Gasteiger charge is 2.33. The molecule has 2 unspecified atom stereocenters. The number of aromatic nitrogens is 2. The van der Waals surface area contributed by atoms with Crippen LogP contribution in [0.2, 0.25) is 0 Å². The molecule has 2 heterocycles. The van der Waals surface area contributed by atoms with Crippen LogP contribution >= 0.6 is 0 Å². The lowest BCUT2D eigenvalue weighted by atomic mass is 9.89. The summed E-state index contributed by atoms with van der Waals surface area (Å²) in [5.74, 6) is 0.532. The van der Waals surface area contributed by atoms with Crippen molar-refractivity contribution in [3.63, 3.8) is 0 Å². The minimum Gasteiger partial charge on any atom is -0.396 e. The SMILES string of the molecule is CC(C)n1ccc(CC(CO)C2CCS(=O)(=O)C2)n1. The van der Waals surface area contributed by atoms with Crippen LogP contribution in [0, 0.1) is 11.8 Å². The zero-order valence-electron chi connectivity index (χ0n) is 11.5. The Kier molecular flexibility index (Phi) is 4.30. The first-order chi connectivity index (χ1) is 8.91. The third kappa shape index (κ3) is 3.57. The maximum Gasteiger partial charge on any atom is 0.150 e. The van der Waals surface area contributed by atoms with E-state index in [1.165, 1.54) is 0 Å². The Hall–Kier alpha value is -0.880. The van der Waals surface area contributed by atoms with Crippen molar-refractivity contribution in [2.45, 2.75) is 32.7 Å². The standard InChI is InChI=1S/C13H22N2O3S/c1-10(2)15-5-3-13(14-15)7-12(8-16)11-4-6-19(17,18)9-11/h3,5,10-12,16H,4,6-9H2,1-2H3. The van der Waals surface area contributed by atoms with Crippen molar-refractivity contribution in [2.24, 2.45) is 11.8 Å². The summed E-state index contributed by atoms with van der Waals surface area (Å²) >= 11 is 0. The third-order valence-electron chi connectivity index (χ3n) is 3.83. The monoisotopic (exact) mass is 286 g/mol. The Labute approximate surface area is 114 Å². The van der Waals surface area contributed by atoms with Gasteiger partial charge < -0.3 is 5.11 Å². The smallest absolute Gasteiger partial charge is 0.150 e. The average molecular weight is 286 g/mol. The van der Waals surface area contributed by atoms with E-state index in [1.54, 1.807) is 0 Å². The predicted molar refractivity (Wildman–Crippen MR) is 73.7 cm³/mol. The second-order valence-corrected chi connectivity index (χ2v) is 7.92. The topological polar surface area (TPSA) is 72.2 Å². The van der Waals surface area contributed by atoms with Crippen LogP contribution < -0.4 is 0 Å². The molecule has 0 radical (unpaired) electrons. The van der Waals surface area contributed by atoms with E-state index in [4.69, 9.17) is 0 Å². The normalized spacial score (nSPS) is 23.9. The van der Waals surface area contributed by atoms with E-state index in [2.05, 4.69) is 18.9 Å². The Morgan fingerprint density at radius 1 is 1.53 bits per heavy atom. The molecule has 0 spiro atoms. The van der Waals surface area contributed by atoms with Crippen molar-refractivity contribution in [1.82, 2.24) is 9.78 Å². The molecule has 5 nitrogen and oxygen atoms in total. The molecule has 0 aliphatic carbocycles. The summed E-state index contributed by atoms with van der Waals surface area (Å²) in [4.78, 5) is 0. The van der Waals surface area contributed by atoms with Crippen molar-refractivity contribution in [3.05, 3.63) is 18.0 Å². The van der Waals surface area contributed by atoms with Gasteiger partial charge in [0.1, 0.15) is 0 Å². The Morgan fingerprint density at radius 3 is 2.74 bits per heavy atom. The molecular weight excluding hydrogens is 264 g/mol. The van der Waals surface area contributed by atoms with E-state index in [1.807, 2.05) is 16.9 Å². The van der Waals surface area contributed by atoms with Crippen molar-refractivity contribution in [3.8, 4) is 0 Å². The van der Waals surface area contributed by atoms with Crippen molar-refractivity contribution in [2.75, 3.05) is 18.1 Å². The van der Waals surface area contributed by atoms with Crippen LogP contribution in [0.3, 0.4) is 0 Å². The highest BCUT2D eigenvalue weighted by atomic mass is 32.2. The van der Waals surface area contributed by atoms with E-state index in [0.717, 1.165) is 5.69 Å². The molecule has 1 N–H and O–H groups in total. The summed E-state index contributed by atoms with van der Waals surface area (Å²) in [5.41, 5.74) is 0.928. The molecule has 108 valence electrons. The highest BCUT2D eigenvalue weighted by Crippen LogP contribution is 2.28. The molecule has 1 saturated heterocycles. The van der Waals surface area contributed by atoms with Gasteiger partial charge in [0, 0.05) is 18.8 Å². The van der Waals surface area contributed by atoms with Gasteiger partial charge in [-0.1, -0.05) is 0 Å². The van der Waals surface area contributed by atoms with Crippen LogP contribution in [-0.2, 0) is 16.3 Å². The maximum atomic E-state index is 11.5. The largest absolute Gasteiger partial charge is 0.396 e. The van der Waals surface area contributed by atoms with Gasteiger partial charge in [-0.15, -0.1) is 0 Å². The summed E-state index contributed by atoms with van der Waals surface area (Å²) in [6.45, 7) is 4.14. The number of rotatable bonds is 5. The van der Waals surface area contributed by atoms with Gasteiger partial charge in [-0.25, -0.2) is 8.42 Å². The van der Waals surface area contributed by atoms with Gasteiger partial charge >= 0.3 is 0 Å². The Balaban J connectivity index is 2.02. The molecule has 0 saturated carbocycles. The Morgan fingerprint density at radius 2 is 2.26 bits per heavy atom. The molecule has 0 bridgehead atoms. The molecule has 2 atom stereocenters. The third-order valence-corrected chi connectivity index (χ3v) is 5.63. The number of aliphatic hydroxyl groups is 1. The molecule has 19 heavy (non-hydrogen) atoms. The summed E-state index contributed by atoms with van der Waals surface area (Å²) in [7, 11) is -2.89. The lowest BCUT2D eigenvalue weighted by molar-refractivity contribution is 0.183. The fourth-order valence-electron chi connectivity index (χ4n) is 2.62. The van der Waals surface area contributed by atoms with Crippen LogP contribution in [0.4, 0.5) is 0 Å². The summed E-state index contributed by atoms with van der Waals surface area (Å²) in [6.07, 6.45) is 3.24. The molecule has 1 fully saturated rings. The van der Waals surface area contributed by atoms with Crippen LogP contribution in [0.5, 0.6) is 0 Å². The maximum absolute atomic E-state index is 11.5. The quantitative estimate of drug-likeness (QED) is 0.878. The fourth-order valence-corrected chi connectivity index (χ4v) is 4.54. The van der Waals surface area contributed by atoms with Gasteiger partial charge in [-0.3, -0.25) is 4.68 Å². The minimum absolute atomic E-state index is 0.00668. The molecule has 1 aliphatic heterocycles. The van der Waals surface area contributed by atoms with Crippen molar-refractivity contribution >= 4 is 9.84 Å². The predicted octanol–water partition coefficient (Wildman–Crippen LogP) is 1.05. The first-order valence-electron chi connectivity index (χ1n) is 6.76. The number of nitrogens with zero attached hydrogens (tertiary/aromatic N) is 2. The first-order valence-corrected chi connectivity index (χ1v) is 8.58. The Bertz CT molecular complexity index is 522. The molecule has 1 aromatic heterocycles. The van der Waals surface area contributed by atoms with E-state index in [0.29, 0.717) is 18.9 Å². The molecule has 0 amide bonds. The van der Waals surface area contributed by atoms with Crippen molar-refractivity contribution in [1.29, 1.82) is 0 Å². The molecule has 6 heteroatoms. The number of hydrogen-bond acceptors (Lipinski definition) is 4. The second kappa shape index (κ2) is 5.63. The average Bonchev–Trinajstić information content (AvgIpc) is 2.92. The van der Waals surface area contributed by atoms with Crippen LogP contribution in [0.25, 0.3) is 0 Å². The summed E-state index contributed by atoms with van der Waals surface area (Å²) in [6, 6.07) is 2.26. The second-order valence-electron chi connectivity index (χ2n) is 5.69. The highest BCUT2D eigenvalue weighted by molar-refractivity contribution is 7.91.